The van der Waals surface area contributed by atoms with Crippen LogP contribution >= 0.6 is 0 Å². The fraction of sp³-hybridized carbons (Fsp3) is 0.250. The Labute approximate surface area is 68.8 Å². The van der Waals surface area contributed by atoms with Gasteiger partial charge in [-0.3, -0.25) is 0 Å². The van der Waals surface area contributed by atoms with Gasteiger partial charge in [0.1, 0.15) is 0 Å². The van der Waals surface area contributed by atoms with Gasteiger partial charge in [0, 0.05) is 11.6 Å². The van der Waals surface area contributed by atoms with Gasteiger partial charge in [-0.05, 0) is 18.4 Å². The molecule has 0 amide bonds. The topological polar surface area (TPSA) is 74.6 Å². The van der Waals surface area contributed by atoms with Gasteiger partial charge in [0.05, 0.1) is 0 Å². The molecule has 1 aliphatic rings. The number of hydrogen-bond donors (Lipinski definition) is 2. The first kappa shape index (κ1) is 8.52. The van der Waals surface area contributed by atoms with E-state index in [1.54, 1.807) is 0 Å². The van der Waals surface area contributed by atoms with E-state index in [0.29, 0.717) is 24.0 Å². The summed E-state index contributed by atoms with van der Waals surface area (Å²) in [6, 6.07) is 0. The predicted molar refractivity (Wildman–Crippen MR) is 40.7 cm³/mol. The Kier molecular flexibility index (Phi) is 2.28. The average molecular weight is 168 g/mol. The molecule has 0 spiro atoms. The van der Waals surface area contributed by atoms with Crippen LogP contribution in [0.3, 0.4) is 0 Å². The van der Waals surface area contributed by atoms with Crippen LogP contribution in [0.15, 0.2) is 23.3 Å². The lowest BCUT2D eigenvalue weighted by molar-refractivity contribution is -0.133. The molecule has 64 valence electrons. The molecule has 0 atom stereocenters. The third-order valence-corrected chi connectivity index (χ3v) is 1.72. The van der Waals surface area contributed by atoms with Gasteiger partial charge in [-0.25, -0.2) is 9.59 Å². The predicted octanol–water partition coefficient (Wildman–Crippen LogP) is 0.802. The minimum absolute atomic E-state index is 0.326. The Bertz CT molecular complexity index is 285. The van der Waals surface area contributed by atoms with Gasteiger partial charge in [0.2, 0.25) is 0 Å². The average Bonchev–Trinajstić information content (AvgIpc) is 1.82. The van der Waals surface area contributed by atoms with E-state index >= 15 is 0 Å². The normalized spacial score (nSPS) is 16.3. The van der Waals surface area contributed by atoms with E-state index in [4.69, 9.17) is 10.2 Å². The summed E-state index contributed by atoms with van der Waals surface area (Å²) in [5.74, 6) is -2.01. The molecule has 2 N–H and O–H groups in total. The number of rotatable bonds is 3. The number of aliphatic carboxylic acids is 2. The van der Waals surface area contributed by atoms with E-state index < -0.39 is 11.9 Å². The molecule has 0 unspecified atom stereocenters. The van der Waals surface area contributed by atoms with E-state index in [0.717, 1.165) is 6.08 Å². The lowest BCUT2D eigenvalue weighted by Gasteiger charge is -2.16. The fourth-order valence-electron chi connectivity index (χ4n) is 0.994. The number of carboxylic acid groups (broad SMARTS) is 2. The first-order valence-corrected chi connectivity index (χ1v) is 3.47. The summed E-state index contributed by atoms with van der Waals surface area (Å²) in [5.41, 5.74) is 0.942. The van der Waals surface area contributed by atoms with Crippen molar-refractivity contribution in [3.05, 3.63) is 23.3 Å². The Morgan fingerprint density at radius 2 is 1.92 bits per heavy atom. The molecule has 0 fully saturated rings. The quantitative estimate of drug-likeness (QED) is 0.611. The molecule has 0 heterocycles. The summed E-state index contributed by atoms with van der Waals surface area (Å²) in [6.07, 6.45) is 3.49. The van der Waals surface area contributed by atoms with Gasteiger partial charge < -0.3 is 10.2 Å². The van der Waals surface area contributed by atoms with Crippen molar-refractivity contribution in [3.63, 3.8) is 0 Å². The van der Waals surface area contributed by atoms with Gasteiger partial charge in [0.25, 0.3) is 0 Å². The molecule has 1 rings (SSSR count). The molecular weight excluding hydrogens is 160 g/mol. The molecule has 0 aromatic rings. The molecule has 0 aromatic carbocycles. The van der Waals surface area contributed by atoms with Gasteiger partial charge in [-0.1, -0.05) is 6.08 Å². The zero-order chi connectivity index (χ0) is 9.14. The zero-order valence-corrected chi connectivity index (χ0v) is 6.28. The summed E-state index contributed by atoms with van der Waals surface area (Å²) in [6.45, 7) is 0. The van der Waals surface area contributed by atoms with E-state index in [1.807, 2.05) is 0 Å². The van der Waals surface area contributed by atoms with Gasteiger partial charge in [-0.2, -0.15) is 0 Å². The van der Waals surface area contributed by atoms with E-state index in [2.05, 4.69) is 0 Å². The molecule has 0 saturated carbocycles. The Morgan fingerprint density at radius 3 is 2.25 bits per heavy atom. The lowest BCUT2D eigenvalue weighted by Crippen LogP contribution is -2.12. The summed E-state index contributed by atoms with van der Waals surface area (Å²) in [4.78, 5) is 20.5. The van der Waals surface area contributed by atoms with Crippen molar-refractivity contribution < 1.29 is 19.8 Å². The summed E-state index contributed by atoms with van der Waals surface area (Å²) >= 11 is 0. The highest BCUT2D eigenvalue weighted by atomic mass is 16.4. The Morgan fingerprint density at radius 1 is 1.25 bits per heavy atom. The molecule has 0 saturated heterocycles. The van der Waals surface area contributed by atoms with E-state index in [-0.39, 0.29) is 0 Å². The second-order valence-electron chi connectivity index (χ2n) is 2.48. The minimum Gasteiger partial charge on any atom is -0.478 e. The summed E-state index contributed by atoms with van der Waals surface area (Å²) in [5, 5.41) is 16.8. The number of carboxylic acids is 2. The molecule has 12 heavy (non-hydrogen) atoms. The van der Waals surface area contributed by atoms with Crippen molar-refractivity contribution in [2.24, 2.45) is 0 Å². The first-order chi connectivity index (χ1) is 5.61. The monoisotopic (exact) mass is 168 g/mol. The van der Waals surface area contributed by atoms with Crippen LogP contribution in [0, 0.1) is 0 Å². The Balaban J connectivity index is 2.71. The van der Waals surface area contributed by atoms with Gasteiger partial charge in [-0.15, -0.1) is 0 Å². The van der Waals surface area contributed by atoms with E-state index in [9.17, 15) is 9.59 Å². The molecule has 0 radical (unpaired) electrons. The van der Waals surface area contributed by atoms with Crippen molar-refractivity contribution in [2.75, 3.05) is 0 Å². The van der Waals surface area contributed by atoms with Crippen LogP contribution in [0.5, 0.6) is 0 Å². The highest BCUT2D eigenvalue weighted by Crippen LogP contribution is 2.28. The second-order valence-corrected chi connectivity index (χ2v) is 2.48. The van der Waals surface area contributed by atoms with Crippen LogP contribution in [-0.4, -0.2) is 22.2 Å². The third-order valence-electron chi connectivity index (χ3n) is 1.72. The maximum Gasteiger partial charge on any atom is 0.331 e. The maximum atomic E-state index is 10.4. The second kappa shape index (κ2) is 3.21. The van der Waals surface area contributed by atoms with Crippen molar-refractivity contribution in [3.8, 4) is 0 Å². The van der Waals surface area contributed by atoms with Crippen molar-refractivity contribution in [1.82, 2.24) is 0 Å². The van der Waals surface area contributed by atoms with Crippen LogP contribution in [-0.2, 0) is 9.59 Å². The molecule has 1 aliphatic carbocycles. The number of allylic oxidation sites excluding steroid dienone is 2. The van der Waals surface area contributed by atoms with Crippen LogP contribution in [0.2, 0.25) is 0 Å². The third kappa shape index (κ3) is 1.72. The van der Waals surface area contributed by atoms with Crippen LogP contribution in [0.25, 0.3) is 0 Å². The molecule has 0 bridgehead atoms. The molecule has 4 heteroatoms. The summed E-state index contributed by atoms with van der Waals surface area (Å²) < 4.78 is 0. The first-order valence-electron chi connectivity index (χ1n) is 3.47. The minimum atomic E-state index is -1.06. The summed E-state index contributed by atoms with van der Waals surface area (Å²) in [7, 11) is 0. The van der Waals surface area contributed by atoms with Crippen LogP contribution < -0.4 is 0 Å². The highest BCUT2D eigenvalue weighted by molar-refractivity contribution is 5.90. The molecule has 4 nitrogen and oxygen atoms in total. The van der Waals surface area contributed by atoms with E-state index in [1.165, 1.54) is 6.08 Å². The smallest absolute Gasteiger partial charge is 0.331 e. The SMILES string of the molecule is O=C(O)C=CC1=C(C(=O)O)CC1. The molecular formula is C8H8O4. The molecule has 0 aliphatic heterocycles. The number of hydrogen-bond acceptors (Lipinski definition) is 2. The lowest BCUT2D eigenvalue weighted by atomic mass is 9.88. The zero-order valence-electron chi connectivity index (χ0n) is 6.28. The van der Waals surface area contributed by atoms with Crippen molar-refractivity contribution in [1.29, 1.82) is 0 Å². The van der Waals surface area contributed by atoms with Crippen molar-refractivity contribution >= 4 is 11.9 Å². The highest BCUT2D eigenvalue weighted by Gasteiger charge is 2.20. The standard InChI is InChI=1S/C8H8O4/c9-7(10)4-2-5-1-3-6(5)8(11)12/h2,4H,1,3H2,(H,9,10)(H,11,12). The van der Waals surface area contributed by atoms with Gasteiger partial charge in [0.15, 0.2) is 0 Å². The maximum absolute atomic E-state index is 10.4. The Hall–Kier alpha value is -1.58. The van der Waals surface area contributed by atoms with Crippen LogP contribution in [0.1, 0.15) is 12.8 Å². The van der Waals surface area contributed by atoms with Gasteiger partial charge >= 0.3 is 11.9 Å². The molecule has 0 aromatic heterocycles. The van der Waals surface area contributed by atoms with Crippen LogP contribution in [0.4, 0.5) is 0 Å². The van der Waals surface area contributed by atoms with Crippen molar-refractivity contribution in [2.45, 2.75) is 12.8 Å². The fourth-order valence-corrected chi connectivity index (χ4v) is 0.994. The largest absolute Gasteiger partial charge is 0.478 e. The number of carbonyl (C=O) groups is 2.